The minimum atomic E-state index is 0.00737. The van der Waals surface area contributed by atoms with E-state index in [1.807, 2.05) is 6.92 Å². The number of nitrogens with one attached hydrogen (secondary N) is 1. The van der Waals surface area contributed by atoms with Crippen molar-refractivity contribution in [2.45, 2.75) is 76.9 Å². The van der Waals surface area contributed by atoms with E-state index >= 15 is 0 Å². The molecule has 0 spiro atoms. The van der Waals surface area contributed by atoms with Crippen molar-refractivity contribution in [1.29, 1.82) is 0 Å². The molecule has 0 bridgehead atoms. The van der Waals surface area contributed by atoms with Gasteiger partial charge < -0.3 is 11.2 Å². The number of carbonyl (C=O) groups is 1. The molecule has 136 valence electrons. The van der Waals surface area contributed by atoms with E-state index in [4.69, 9.17) is 5.84 Å². The second-order valence-electron chi connectivity index (χ2n) is 7.20. The third kappa shape index (κ3) is 5.69. The van der Waals surface area contributed by atoms with Gasteiger partial charge in [0.1, 0.15) is 0 Å². The van der Waals surface area contributed by atoms with Crippen molar-refractivity contribution >= 4 is 17.7 Å². The monoisotopic (exact) mass is 353 g/mol. The molecule has 0 radical (unpaired) electrons. The Morgan fingerprint density at radius 3 is 2.67 bits per heavy atom. The number of hydrogen-bond acceptors (Lipinski definition) is 5. The Morgan fingerprint density at radius 1 is 1.29 bits per heavy atom. The van der Waals surface area contributed by atoms with Crippen molar-refractivity contribution in [3.05, 3.63) is 5.82 Å². The summed E-state index contributed by atoms with van der Waals surface area (Å²) in [6.45, 7) is 6.20. The molecular weight excluding hydrogens is 322 g/mol. The predicted octanol–water partition coefficient (Wildman–Crippen LogP) is 2.76. The standard InChI is InChI=1S/C17H31N5OS/c1-12(2)13(3)19-16(23)11-24-17-21-20-15(22(17)18)10-9-14-7-5-4-6-8-14/h12-14H,4-11,18H2,1-3H3,(H,19,23)/t13-/m1/s1. The highest BCUT2D eigenvalue weighted by molar-refractivity contribution is 7.99. The number of nitrogens with two attached hydrogens (primary N) is 1. The Balaban J connectivity index is 1.78. The molecule has 1 aliphatic carbocycles. The Hall–Kier alpha value is -1.24. The molecule has 1 aliphatic rings. The van der Waals surface area contributed by atoms with Crippen LogP contribution >= 0.6 is 11.8 Å². The summed E-state index contributed by atoms with van der Waals surface area (Å²) in [6, 6.07) is 0.167. The molecule has 0 unspecified atom stereocenters. The van der Waals surface area contributed by atoms with Gasteiger partial charge in [0.2, 0.25) is 11.1 Å². The van der Waals surface area contributed by atoms with Crippen LogP contribution in [-0.2, 0) is 11.2 Å². The Bertz CT molecular complexity index is 525. The number of hydrogen-bond donors (Lipinski definition) is 2. The van der Waals surface area contributed by atoms with Gasteiger partial charge in [-0.15, -0.1) is 10.2 Å². The lowest BCUT2D eigenvalue weighted by Gasteiger charge is -2.20. The summed E-state index contributed by atoms with van der Waals surface area (Å²) in [7, 11) is 0. The van der Waals surface area contributed by atoms with Crippen LogP contribution in [0.2, 0.25) is 0 Å². The molecule has 0 saturated heterocycles. The molecule has 1 aromatic rings. The lowest BCUT2D eigenvalue weighted by Crippen LogP contribution is -2.37. The van der Waals surface area contributed by atoms with Crippen molar-refractivity contribution in [2.24, 2.45) is 11.8 Å². The zero-order valence-corrected chi connectivity index (χ0v) is 15.9. The van der Waals surface area contributed by atoms with Gasteiger partial charge in [0.05, 0.1) is 5.75 Å². The number of amides is 1. The highest BCUT2D eigenvalue weighted by Gasteiger charge is 2.17. The molecular formula is C17H31N5OS. The fourth-order valence-electron chi connectivity index (χ4n) is 2.98. The molecule has 1 fully saturated rings. The molecule has 1 atom stereocenters. The van der Waals surface area contributed by atoms with Gasteiger partial charge in [-0.1, -0.05) is 57.7 Å². The molecule has 1 aromatic heterocycles. The van der Waals surface area contributed by atoms with E-state index in [2.05, 4.69) is 29.4 Å². The van der Waals surface area contributed by atoms with Crippen LogP contribution in [0.3, 0.4) is 0 Å². The third-order valence-corrected chi connectivity index (χ3v) is 5.90. The SMILES string of the molecule is CC(C)[C@@H](C)NC(=O)CSc1nnc(CCC2CCCCC2)n1N. The molecule has 1 heterocycles. The summed E-state index contributed by atoms with van der Waals surface area (Å²) in [5.74, 6) is 8.45. The first kappa shape index (κ1) is 19.1. The average molecular weight is 354 g/mol. The van der Waals surface area contributed by atoms with Gasteiger partial charge in [0, 0.05) is 12.5 Å². The van der Waals surface area contributed by atoms with Crippen molar-refractivity contribution in [2.75, 3.05) is 11.6 Å². The number of carbonyl (C=O) groups excluding carboxylic acids is 1. The largest absolute Gasteiger partial charge is 0.353 e. The topological polar surface area (TPSA) is 85.8 Å². The van der Waals surface area contributed by atoms with Crippen LogP contribution in [0.1, 0.15) is 65.1 Å². The first-order valence-corrected chi connectivity index (χ1v) is 10.1. The van der Waals surface area contributed by atoms with Crippen molar-refractivity contribution in [1.82, 2.24) is 20.2 Å². The Morgan fingerprint density at radius 2 is 2.00 bits per heavy atom. The second-order valence-corrected chi connectivity index (χ2v) is 8.14. The number of aromatic nitrogens is 3. The number of thioether (sulfide) groups is 1. The molecule has 1 saturated carbocycles. The molecule has 0 aromatic carbocycles. The molecule has 1 amide bonds. The molecule has 7 heteroatoms. The normalized spacial score (nSPS) is 17.2. The average Bonchev–Trinajstić information content (AvgIpc) is 2.92. The first-order chi connectivity index (χ1) is 11.5. The van der Waals surface area contributed by atoms with Crippen LogP contribution in [0, 0.1) is 11.8 Å². The maximum absolute atomic E-state index is 12.0. The van der Waals surface area contributed by atoms with E-state index < -0.39 is 0 Å². The Labute approximate surface area is 149 Å². The molecule has 6 nitrogen and oxygen atoms in total. The van der Waals surface area contributed by atoms with E-state index in [0.29, 0.717) is 16.8 Å². The second kappa shape index (κ2) is 9.30. The van der Waals surface area contributed by atoms with Gasteiger partial charge in [-0.3, -0.25) is 4.79 Å². The number of nitrogens with zero attached hydrogens (tertiary/aromatic N) is 3. The third-order valence-electron chi connectivity index (χ3n) is 4.96. The first-order valence-electron chi connectivity index (χ1n) is 9.09. The molecule has 2 rings (SSSR count). The molecule has 24 heavy (non-hydrogen) atoms. The smallest absolute Gasteiger partial charge is 0.230 e. The van der Waals surface area contributed by atoms with Gasteiger partial charge in [0.15, 0.2) is 5.82 Å². The van der Waals surface area contributed by atoms with Gasteiger partial charge in [-0.25, -0.2) is 4.68 Å². The predicted molar refractivity (Wildman–Crippen MR) is 98.2 cm³/mol. The maximum Gasteiger partial charge on any atom is 0.230 e. The summed E-state index contributed by atoms with van der Waals surface area (Å²) in [6.07, 6.45) is 8.73. The van der Waals surface area contributed by atoms with Crippen LogP contribution in [0.15, 0.2) is 5.16 Å². The summed E-state index contributed by atoms with van der Waals surface area (Å²) < 4.78 is 1.55. The van der Waals surface area contributed by atoms with E-state index in [1.165, 1.54) is 43.9 Å². The fourth-order valence-corrected chi connectivity index (χ4v) is 3.66. The lowest BCUT2D eigenvalue weighted by molar-refractivity contribution is -0.119. The summed E-state index contributed by atoms with van der Waals surface area (Å²) in [5.41, 5.74) is 0. The van der Waals surface area contributed by atoms with E-state index in [1.54, 1.807) is 4.68 Å². The number of nitrogen functional groups attached to an aromatic ring is 1. The van der Waals surface area contributed by atoms with Crippen molar-refractivity contribution in [3.8, 4) is 0 Å². The van der Waals surface area contributed by atoms with Gasteiger partial charge in [-0.2, -0.15) is 0 Å². The Kier molecular flexibility index (Phi) is 7.40. The lowest BCUT2D eigenvalue weighted by atomic mass is 9.86. The van der Waals surface area contributed by atoms with Crippen LogP contribution in [0.25, 0.3) is 0 Å². The van der Waals surface area contributed by atoms with Gasteiger partial charge >= 0.3 is 0 Å². The van der Waals surface area contributed by atoms with Crippen LogP contribution < -0.4 is 11.2 Å². The summed E-state index contributed by atoms with van der Waals surface area (Å²) in [4.78, 5) is 12.0. The highest BCUT2D eigenvalue weighted by Crippen LogP contribution is 2.27. The van der Waals surface area contributed by atoms with Crippen molar-refractivity contribution < 1.29 is 4.79 Å². The van der Waals surface area contributed by atoms with Crippen LogP contribution in [-0.4, -0.2) is 32.6 Å². The van der Waals surface area contributed by atoms with Crippen molar-refractivity contribution in [3.63, 3.8) is 0 Å². The zero-order chi connectivity index (χ0) is 17.5. The quantitative estimate of drug-likeness (QED) is 0.554. The molecule has 0 aliphatic heterocycles. The van der Waals surface area contributed by atoms with Gasteiger partial charge in [-0.05, 0) is 25.2 Å². The van der Waals surface area contributed by atoms with E-state index in [0.717, 1.165) is 24.6 Å². The summed E-state index contributed by atoms with van der Waals surface area (Å²) >= 11 is 1.34. The number of aryl methyl sites for hydroxylation is 1. The maximum atomic E-state index is 12.0. The highest BCUT2D eigenvalue weighted by atomic mass is 32.2. The number of rotatable bonds is 8. The minimum absolute atomic E-state index is 0.00737. The fraction of sp³-hybridized carbons (Fsp3) is 0.824. The van der Waals surface area contributed by atoms with Crippen LogP contribution in [0.5, 0.6) is 0 Å². The van der Waals surface area contributed by atoms with Gasteiger partial charge in [0.25, 0.3) is 0 Å². The van der Waals surface area contributed by atoms with Crippen LogP contribution in [0.4, 0.5) is 0 Å². The minimum Gasteiger partial charge on any atom is -0.353 e. The zero-order valence-electron chi connectivity index (χ0n) is 15.1. The van der Waals surface area contributed by atoms with E-state index in [-0.39, 0.29) is 11.9 Å². The van der Waals surface area contributed by atoms with E-state index in [9.17, 15) is 4.79 Å². The molecule has 3 N–H and O–H groups in total. The summed E-state index contributed by atoms with van der Waals surface area (Å²) in [5, 5.41) is 11.9.